The predicted molar refractivity (Wildman–Crippen MR) is 121 cm³/mol. The lowest BCUT2D eigenvalue weighted by Crippen LogP contribution is -2.16. The minimum Gasteiger partial charge on any atom is -0.493 e. The van der Waals surface area contributed by atoms with E-state index in [9.17, 15) is 0 Å². The summed E-state index contributed by atoms with van der Waals surface area (Å²) in [6.07, 6.45) is 2.75. The van der Waals surface area contributed by atoms with Crippen LogP contribution in [-0.4, -0.2) is 17.8 Å². The SMILES string of the molecule is C=C(OCCP(c1ccccc1)c1ccccc1)c1cccc2cccnc12. The van der Waals surface area contributed by atoms with Gasteiger partial charge in [-0.3, -0.25) is 4.98 Å². The first kappa shape index (κ1) is 18.4. The third-order valence-electron chi connectivity index (χ3n) is 4.66. The van der Waals surface area contributed by atoms with E-state index >= 15 is 0 Å². The highest BCUT2D eigenvalue weighted by atomic mass is 31.1. The molecule has 0 saturated heterocycles. The maximum Gasteiger partial charge on any atom is 0.121 e. The predicted octanol–water partition coefficient (Wildman–Crippen LogP) is 5.36. The molecule has 1 aromatic heterocycles. The summed E-state index contributed by atoms with van der Waals surface area (Å²) in [5.41, 5.74) is 1.89. The summed E-state index contributed by atoms with van der Waals surface area (Å²) in [6.45, 7) is 4.78. The van der Waals surface area contributed by atoms with Crippen LogP contribution in [0.5, 0.6) is 0 Å². The zero-order valence-electron chi connectivity index (χ0n) is 15.7. The Hall–Kier alpha value is -2.96. The average Bonchev–Trinajstić information content (AvgIpc) is 2.77. The highest BCUT2D eigenvalue weighted by molar-refractivity contribution is 7.73. The van der Waals surface area contributed by atoms with Gasteiger partial charge in [-0.25, -0.2) is 0 Å². The fraction of sp³-hybridized carbons (Fsp3) is 0.0800. The molecule has 0 unspecified atom stereocenters. The Balaban J connectivity index is 1.50. The number of para-hydroxylation sites is 1. The van der Waals surface area contributed by atoms with Crippen molar-refractivity contribution < 1.29 is 4.74 Å². The average molecular weight is 383 g/mol. The van der Waals surface area contributed by atoms with Gasteiger partial charge >= 0.3 is 0 Å². The van der Waals surface area contributed by atoms with Gasteiger partial charge in [0.15, 0.2) is 0 Å². The van der Waals surface area contributed by atoms with Gasteiger partial charge in [-0.05, 0) is 30.7 Å². The van der Waals surface area contributed by atoms with Crippen molar-refractivity contribution in [2.24, 2.45) is 0 Å². The number of aromatic nitrogens is 1. The summed E-state index contributed by atoms with van der Waals surface area (Å²) in [4.78, 5) is 4.50. The van der Waals surface area contributed by atoms with Gasteiger partial charge in [0.05, 0.1) is 12.1 Å². The van der Waals surface area contributed by atoms with E-state index in [0.717, 1.165) is 22.6 Å². The van der Waals surface area contributed by atoms with Gasteiger partial charge < -0.3 is 4.74 Å². The van der Waals surface area contributed by atoms with Gasteiger partial charge in [0.25, 0.3) is 0 Å². The second kappa shape index (κ2) is 8.82. The number of nitrogens with zero attached hydrogens (tertiary/aromatic N) is 1. The topological polar surface area (TPSA) is 22.1 Å². The Bertz CT molecular complexity index is 1020. The van der Waals surface area contributed by atoms with Crippen molar-refractivity contribution in [1.82, 2.24) is 4.98 Å². The fourth-order valence-corrected chi connectivity index (χ4v) is 5.44. The highest BCUT2D eigenvalue weighted by Gasteiger charge is 2.14. The van der Waals surface area contributed by atoms with Gasteiger partial charge in [-0.15, -0.1) is 0 Å². The number of rotatable bonds is 7. The molecular weight excluding hydrogens is 361 g/mol. The molecule has 4 aromatic rings. The van der Waals surface area contributed by atoms with Crippen molar-refractivity contribution in [3.63, 3.8) is 0 Å². The van der Waals surface area contributed by atoms with Crippen LogP contribution in [0.25, 0.3) is 16.7 Å². The zero-order chi connectivity index (χ0) is 19.2. The van der Waals surface area contributed by atoms with Gasteiger partial charge in [0, 0.05) is 23.3 Å². The molecular formula is C25H22NOP. The van der Waals surface area contributed by atoms with Crippen molar-refractivity contribution >= 4 is 35.2 Å². The normalized spacial score (nSPS) is 10.9. The number of fused-ring (bicyclic) bond motifs is 1. The third-order valence-corrected chi connectivity index (χ3v) is 7.13. The third kappa shape index (κ3) is 4.13. The first-order chi connectivity index (χ1) is 13.8. The van der Waals surface area contributed by atoms with E-state index < -0.39 is 7.92 Å². The van der Waals surface area contributed by atoms with E-state index in [1.807, 2.05) is 24.4 Å². The molecule has 0 N–H and O–H groups in total. The molecule has 0 saturated carbocycles. The van der Waals surface area contributed by atoms with Gasteiger partial charge in [-0.1, -0.05) is 85.4 Å². The number of benzene rings is 3. The van der Waals surface area contributed by atoms with E-state index in [0.29, 0.717) is 12.4 Å². The molecule has 0 fully saturated rings. The minimum absolute atomic E-state index is 0.467. The molecule has 0 atom stereocenters. The molecule has 3 aromatic carbocycles. The van der Waals surface area contributed by atoms with Crippen LogP contribution in [0, 0.1) is 0 Å². The van der Waals surface area contributed by atoms with Crippen LogP contribution >= 0.6 is 7.92 Å². The molecule has 3 heteroatoms. The van der Waals surface area contributed by atoms with E-state index in [2.05, 4.69) is 84.4 Å². The Labute approximate surface area is 167 Å². The monoisotopic (exact) mass is 383 g/mol. The van der Waals surface area contributed by atoms with Crippen molar-refractivity contribution in [1.29, 1.82) is 0 Å². The summed E-state index contributed by atoms with van der Waals surface area (Å²) in [7, 11) is -0.467. The summed E-state index contributed by atoms with van der Waals surface area (Å²) in [6, 6.07) is 31.5. The van der Waals surface area contributed by atoms with Crippen molar-refractivity contribution in [3.8, 4) is 0 Å². The molecule has 0 bridgehead atoms. The Morgan fingerprint density at radius 2 is 1.43 bits per heavy atom. The van der Waals surface area contributed by atoms with E-state index in [-0.39, 0.29) is 0 Å². The minimum atomic E-state index is -0.467. The van der Waals surface area contributed by atoms with Crippen LogP contribution in [0.1, 0.15) is 5.56 Å². The molecule has 0 amide bonds. The quantitative estimate of drug-likeness (QED) is 0.317. The smallest absolute Gasteiger partial charge is 0.121 e. The van der Waals surface area contributed by atoms with Crippen LogP contribution in [0.15, 0.2) is 104 Å². The Morgan fingerprint density at radius 1 is 0.786 bits per heavy atom. The van der Waals surface area contributed by atoms with Crippen LogP contribution in [0.3, 0.4) is 0 Å². The second-order valence-corrected chi connectivity index (χ2v) is 8.81. The summed E-state index contributed by atoms with van der Waals surface area (Å²) in [5, 5.41) is 3.83. The van der Waals surface area contributed by atoms with Crippen LogP contribution in [0.2, 0.25) is 0 Å². The van der Waals surface area contributed by atoms with E-state index in [4.69, 9.17) is 4.74 Å². The zero-order valence-corrected chi connectivity index (χ0v) is 16.6. The molecule has 0 aliphatic carbocycles. The molecule has 4 rings (SSSR count). The van der Waals surface area contributed by atoms with Crippen LogP contribution in [-0.2, 0) is 4.74 Å². The van der Waals surface area contributed by atoms with Crippen LogP contribution in [0.4, 0.5) is 0 Å². The first-order valence-corrected chi connectivity index (χ1v) is 10.9. The van der Waals surface area contributed by atoms with Crippen molar-refractivity contribution in [3.05, 3.63) is 109 Å². The largest absolute Gasteiger partial charge is 0.493 e. The van der Waals surface area contributed by atoms with Gasteiger partial charge in [0.2, 0.25) is 0 Å². The molecule has 0 spiro atoms. The van der Waals surface area contributed by atoms with Gasteiger partial charge in [0.1, 0.15) is 5.76 Å². The van der Waals surface area contributed by atoms with Crippen molar-refractivity contribution in [2.45, 2.75) is 0 Å². The lowest BCUT2D eigenvalue weighted by Gasteiger charge is -2.19. The molecule has 0 aliphatic heterocycles. The lowest BCUT2D eigenvalue weighted by molar-refractivity contribution is 0.302. The van der Waals surface area contributed by atoms with Crippen molar-refractivity contribution in [2.75, 3.05) is 12.8 Å². The summed E-state index contributed by atoms with van der Waals surface area (Å²) < 4.78 is 6.09. The Kier molecular flexibility index (Phi) is 5.80. The Morgan fingerprint density at radius 3 is 2.11 bits per heavy atom. The number of pyridine rings is 1. The van der Waals surface area contributed by atoms with E-state index in [1.54, 1.807) is 0 Å². The second-order valence-electron chi connectivity index (χ2n) is 6.48. The first-order valence-electron chi connectivity index (χ1n) is 9.36. The highest BCUT2D eigenvalue weighted by Crippen LogP contribution is 2.33. The molecule has 2 nitrogen and oxygen atoms in total. The van der Waals surface area contributed by atoms with Crippen LogP contribution < -0.4 is 10.6 Å². The molecule has 28 heavy (non-hydrogen) atoms. The number of hydrogen-bond donors (Lipinski definition) is 0. The molecule has 1 heterocycles. The standard InChI is InChI=1S/C25H22NOP/c1-20(24-16-8-10-21-11-9-17-26-25(21)24)27-18-19-28(22-12-4-2-5-13-22)23-14-6-3-7-15-23/h2-17H,1,18-19H2. The summed E-state index contributed by atoms with van der Waals surface area (Å²) in [5.74, 6) is 0.681. The number of hydrogen-bond acceptors (Lipinski definition) is 2. The molecule has 138 valence electrons. The lowest BCUT2D eigenvalue weighted by atomic mass is 10.1. The fourth-order valence-electron chi connectivity index (χ4n) is 3.29. The molecule has 0 aliphatic rings. The maximum absolute atomic E-state index is 6.09. The van der Waals surface area contributed by atoms with Gasteiger partial charge in [-0.2, -0.15) is 0 Å². The summed E-state index contributed by atoms with van der Waals surface area (Å²) >= 11 is 0. The maximum atomic E-state index is 6.09. The van der Waals surface area contributed by atoms with E-state index in [1.165, 1.54) is 10.6 Å². The number of ether oxygens (including phenoxy) is 1. The molecule has 0 radical (unpaired) electrons.